The number of nitrogens with zero attached hydrogens (tertiary/aromatic N) is 1. The molecule has 0 aliphatic carbocycles. The van der Waals surface area contributed by atoms with Gasteiger partial charge in [0, 0.05) is 34.6 Å². The van der Waals surface area contributed by atoms with Crippen LogP contribution in [0.1, 0.15) is 30.4 Å². The van der Waals surface area contributed by atoms with Crippen molar-refractivity contribution in [1.29, 1.82) is 0 Å². The van der Waals surface area contributed by atoms with E-state index in [-0.39, 0.29) is 38.1 Å². The highest BCUT2D eigenvalue weighted by molar-refractivity contribution is 6.35. The Bertz CT molecular complexity index is 1280. The van der Waals surface area contributed by atoms with Crippen molar-refractivity contribution in [2.75, 3.05) is 19.7 Å². The Morgan fingerprint density at radius 1 is 1.10 bits per heavy atom. The molecule has 0 unspecified atom stereocenters. The van der Waals surface area contributed by atoms with Gasteiger partial charge in [0.05, 0.1) is 6.42 Å². The number of amides is 2. The van der Waals surface area contributed by atoms with Gasteiger partial charge in [-0.25, -0.2) is 13.6 Å². The first kappa shape index (κ1) is 31.0. The molecule has 216 valence electrons. The normalized spacial score (nSPS) is 14.4. The first-order chi connectivity index (χ1) is 18.9. The van der Waals surface area contributed by atoms with Crippen LogP contribution in [0.5, 0.6) is 5.75 Å². The second-order valence-electron chi connectivity index (χ2n) is 9.10. The van der Waals surface area contributed by atoms with Crippen molar-refractivity contribution in [3.05, 3.63) is 62.9 Å². The number of ketones is 1. The van der Waals surface area contributed by atoms with Crippen LogP contribution in [0.3, 0.4) is 0 Å². The number of carbonyl (C=O) groups is 4. The molecule has 2 N–H and O–H groups in total. The first-order valence-corrected chi connectivity index (χ1v) is 12.8. The molecule has 3 rings (SSSR count). The number of halogens is 5. The molecule has 9 nitrogen and oxygen atoms in total. The minimum absolute atomic E-state index is 0.0840. The third-order valence-electron chi connectivity index (χ3n) is 6.23. The molecule has 0 spiro atoms. The molecular weight excluding hydrogens is 580 g/mol. The second kappa shape index (κ2) is 13.7. The number of benzene rings is 2. The van der Waals surface area contributed by atoms with Gasteiger partial charge in [-0.05, 0) is 43.5 Å². The highest BCUT2D eigenvalue weighted by atomic mass is 35.5. The maximum atomic E-state index is 14.2. The largest absolute Gasteiger partial charge is 0.481 e. The first-order valence-electron chi connectivity index (χ1n) is 12.0. The number of nitrogens with one attached hydrogen (secondary N) is 1. The minimum Gasteiger partial charge on any atom is -0.481 e. The molecular formula is C26H25Cl2F3N2O7. The Balaban J connectivity index is 1.53. The highest BCUT2D eigenvalue weighted by Crippen LogP contribution is 2.27. The summed E-state index contributed by atoms with van der Waals surface area (Å²) in [6, 6.07) is 3.80. The van der Waals surface area contributed by atoms with Crippen molar-refractivity contribution in [1.82, 2.24) is 10.2 Å². The van der Waals surface area contributed by atoms with E-state index in [1.165, 1.54) is 17.9 Å². The van der Waals surface area contributed by atoms with Gasteiger partial charge >= 0.3 is 12.1 Å². The van der Waals surface area contributed by atoms with Crippen LogP contribution in [0.2, 0.25) is 10.0 Å². The van der Waals surface area contributed by atoms with Gasteiger partial charge in [0.2, 0.25) is 11.7 Å². The van der Waals surface area contributed by atoms with E-state index in [0.29, 0.717) is 21.7 Å². The number of ether oxygens (including phenoxy) is 2. The van der Waals surface area contributed by atoms with Crippen LogP contribution in [-0.4, -0.2) is 59.5 Å². The van der Waals surface area contributed by atoms with Crippen LogP contribution >= 0.6 is 23.2 Å². The summed E-state index contributed by atoms with van der Waals surface area (Å²) < 4.78 is 51.8. The molecule has 0 aromatic heterocycles. The summed E-state index contributed by atoms with van der Waals surface area (Å²) in [5.74, 6) is -9.07. The average Bonchev–Trinajstić information content (AvgIpc) is 2.90. The lowest BCUT2D eigenvalue weighted by Gasteiger charge is -2.31. The lowest BCUT2D eigenvalue weighted by atomic mass is 9.95. The molecule has 0 bridgehead atoms. The maximum absolute atomic E-state index is 14.2. The summed E-state index contributed by atoms with van der Waals surface area (Å²) in [7, 11) is 0. The van der Waals surface area contributed by atoms with Crippen molar-refractivity contribution in [3.63, 3.8) is 0 Å². The Labute approximate surface area is 237 Å². The zero-order valence-electron chi connectivity index (χ0n) is 21.1. The molecule has 1 aliphatic rings. The molecule has 1 saturated heterocycles. The molecule has 2 amide bonds. The van der Waals surface area contributed by atoms with Crippen LogP contribution in [-0.2, 0) is 25.7 Å². The third-order valence-corrected chi connectivity index (χ3v) is 6.82. The Morgan fingerprint density at radius 3 is 2.40 bits per heavy atom. The number of hydrogen-bond donors (Lipinski definition) is 2. The number of hydrogen-bond acceptors (Lipinski definition) is 6. The molecule has 0 saturated carbocycles. The van der Waals surface area contributed by atoms with Gasteiger partial charge in [-0.1, -0.05) is 29.3 Å². The topological polar surface area (TPSA) is 122 Å². The van der Waals surface area contributed by atoms with Gasteiger partial charge in [-0.2, -0.15) is 4.39 Å². The van der Waals surface area contributed by atoms with Crippen LogP contribution in [0.25, 0.3) is 0 Å². The quantitative estimate of drug-likeness (QED) is 0.378. The minimum atomic E-state index is -1.64. The fourth-order valence-corrected chi connectivity index (χ4v) is 4.44. The number of carbonyl (C=O) groups excluding carboxylic acids is 3. The number of likely N-dealkylation sites (tertiary alicyclic amines) is 1. The number of rotatable bonds is 10. The van der Waals surface area contributed by atoms with Crippen LogP contribution in [0.15, 0.2) is 24.3 Å². The average molecular weight is 605 g/mol. The van der Waals surface area contributed by atoms with Crippen molar-refractivity contribution < 1.29 is 46.9 Å². The van der Waals surface area contributed by atoms with E-state index in [1.54, 1.807) is 12.1 Å². The van der Waals surface area contributed by atoms with E-state index in [2.05, 4.69) is 5.32 Å². The monoisotopic (exact) mass is 604 g/mol. The zero-order valence-corrected chi connectivity index (χ0v) is 22.7. The van der Waals surface area contributed by atoms with Crippen molar-refractivity contribution in [2.45, 2.75) is 38.8 Å². The number of aliphatic carboxylic acids is 1. The van der Waals surface area contributed by atoms with E-state index in [4.69, 9.17) is 32.7 Å². The molecule has 2 aromatic carbocycles. The van der Waals surface area contributed by atoms with Crippen LogP contribution in [0.4, 0.5) is 18.0 Å². The van der Waals surface area contributed by atoms with E-state index in [0.717, 1.165) is 0 Å². The smallest absolute Gasteiger partial charge is 0.410 e. The fourth-order valence-electron chi connectivity index (χ4n) is 3.97. The SMILES string of the molecule is Cc1cc(F)c(F)c(OCC(=O)[C@H](CC(=O)O)NC(=O)C2CCN(C(=O)OCc3ccc(Cl)cc3Cl)CC2)c1F. The van der Waals surface area contributed by atoms with Crippen molar-refractivity contribution >= 4 is 47.0 Å². The number of piperidine rings is 1. The molecule has 1 heterocycles. The van der Waals surface area contributed by atoms with E-state index >= 15 is 0 Å². The summed E-state index contributed by atoms with van der Waals surface area (Å²) in [6.45, 7) is 0.378. The lowest BCUT2D eigenvalue weighted by Crippen LogP contribution is -2.49. The van der Waals surface area contributed by atoms with E-state index in [1.807, 2.05) is 0 Å². The standard InChI is InChI=1S/C26H25Cl2F3N2O7/c1-13-8-18(29)23(31)24(22(13)30)39-12-20(34)19(10-21(35)36)32-25(37)14-4-6-33(7-5-14)26(38)40-11-15-2-3-16(27)9-17(15)28/h2-3,8-9,14,19H,4-7,10-12H2,1H3,(H,32,37)(H,35,36)/t19-/m0/s1. The highest BCUT2D eigenvalue weighted by Gasteiger charge is 2.32. The summed E-state index contributed by atoms with van der Waals surface area (Å²) in [5.41, 5.74) is 0.297. The van der Waals surface area contributed by atoms with Gasteiger partial charge in [0.1, 0.15) is 19.3 Å². The van der Waals surface area contributed by atoms with Crippen LogP contribution < -0.4 is 10.1 Å². The predicted molar refractivity (Wildman–Crippen MR) is 137 cm³/mol. The summed E-state index contributed by atoms with van der Waals surface area (Å²) in [4.78, 5) is 50.5. The van der Waals surface area contributed by atoms with Gasteiger partial charge < -0.3 is 24.8 Å². The molecule has 40 heavy (non-hydrogen) atoms. The summed E-state index contributed by atoms with van der Waals surface area (Å²) in [6.07, 6.45) is -1.04. The Morgan fingerprint density at radius 2 is 1.77 bits per heavy atom. The predicted octanol–water partition coefficient (Wildman–Crippen LogP) is 4.68. The summed E-state index contributed by atoms with van der Waals surface area (Å²) >= 11 is 11.9. The molecule has 2 aromatic rings. The van der Waals surface area contributed by atoms with Crippen molar-refractivity contribution in [2.24, 2.45) is 5.92 Å². The summed E-state index contributed by atoms with van der Waals surface area (Å²) in [5, 5.41) is 12.3. The third kappa shape index (κ3) is 8.01. The Kier molecular flexibility index (Phi) is 10.6. The molecule has 14 heteroatoms. The second-order valence-corrected chi connectivity index (χ2v) is 9.94. The lowest BCUT2D eigenvalue weighted by molar-refractivity contribution is -0.141. The van der Waals surface area contributed by atoms with Gasteiger partial charge in [-0.3, -0.25) is 14.4 Å². The number of carboxylic acids is 1. The number of Topliss-reactive ketones (excluding diaryl/α,β-unsaturated/α-hetero) is 1. The molecule has 0 radical (unpaired) electrons. The fraction of sp³-hybridized carbons (Fsp3) is 0.385. The number of aryl methyl sites for hydroxylation is 1. The van der Waals surface area contributed by atoms with Gasteiger partial charge in [0.25, 0.3) is 0 Å². The molecule has 1 aliphatic heterocycles. The van der Waals surface area contributed by atoms with Gasteiger partial charge in [0.15, 0.2) is 23.2 Å². The van der Waals surface area contributed by atoms with Crippen molar-refractivity contribution in [3.8, 4) is 5.75 Å². The molecule has 1 atom stereocenters. The maximum Gasteiger partial charge on any atom is 0.410 e. The number of carboxylic acid groups (broad SMARTS) is 1. The Hall–Kier alpha value is -3.51. The van der Waals surface area contributed by atoms with Gasteiger partial charge in [-0.15, -0.1) is 0 Å². The van der Waals surface area contributed by atoms with Crippen LogP contribution in [0, 0.1) is 30.3 Å². The zero-order chi connectivity index (χ0) is 29.6. The molecule has 1 fully saturated rings. The van der Waals surface area contributed by atoms with E-state index in [9.17, 15) is 37.5 Å². The van der Waals surface area contributed by atoms with E-state index < -0.39 is 71.9 Å².